The van der Waals surface area contributed by atoms with Crippen molar-refractivity contribution in [2.75, 3.05) is 20.0 Å². The fraction of sp³-hybridized carbons (Fsp3) is 0.333. The second-order valence-electron chi connectivity index (χ2n) is 3.70. The summed E-state index contributed by atoms with van der Waals surface area (Å²) in [4.78, 5) is 22.9. The third kappa shape index (κ3) is 3.07. The fourth-order valence-corrected chi connectivity index (χ4v) is 1.71. The molecule has 0 aliphatic carbocycles. The zero-order valence-corrected chi connectivity index (χ0v) is 10.2. The maximum atomic E-state index is 11.8. The highest BCUT2D eigenvalue weighted by Gasteiger charge is 2.21. The monoisotopic (exact) mass is 270 g/mol. The van der Waals surface area contributed by atoms with Crippen LogP contribution in [0.3, 0.4) is 0 Å². The normalized spacial score (nSPS) is 18.6. The Morgan fingerprint density at radius 1 is 1.33 bits per heavy atom. The highest BCUT2D eigenvalue weighted by Crippen LogP contribution is 2.13. The van der Waals surface area contributed by atoms with Crippen molar-refractivity contribution in [2.45, 2.75) is 6.10 Å². The first-order valence-corrected chi connectivity index (χ1v) is 5.71. The molecule has 1 saturated heterocycles. The molecular formula is C12H11ClO5. The van der Waals surface area contributed by atoms with Crippen LogP contribution in [0.15, 0.2) is 24.3 Å². The van der Waals surface area contributed by atoms with E-state index in [4.69, 9.17) is 25.8 Å². The van der Waals surface area contributed by atoms with E-state index in [9.17, 15) is 9.59 Å². The first-order chi connectivity index (χ1) is 8.68. The number of esters is 1. The van der Waals surface area contributed by atoms with Crippen LogP contribution in [0.25, 0.3) is 0 Å². The van der Waals surface area contributed by atoms with Gasteiger partial charge in [0, 0.05) is 5.56 Å². The minimum absolute atomic E-state index is 0.0869. The van der Waals surface area contributed by atoms with Gasteiger partial charge in [-0.25, -0.2) is 4.79 Å². The molecule has 0 saturated carbocycles. The van der Waals surface area contributed by atoms with Crippen molar-refractivity contribution in [2.24, 2.45) is 0 Å². The Labute approximate surface area is 109 Å². The van der Waals surface area contributed by atoms with Crippen molar-refractivity contribution in [3.63, 3.8) is 0 Å². The number of benzene rings is 1. The van der Waals surface area contributed by atoms with E-state index in [0.29, 0.717) is 6.61 Å². The van der Waals surface area contributed by atoms with Crippen LogP contribution in [0, 0.1) is 0 Å². The summed E-state index contributed by atoms with van der Waals surface area (Å²) < 4.78 is 15.1. The number of halogens is 1. The minimum Gasteiger partial charge on any atom is -0.459 e. The summed E-state index contributed by atoms with van der Waals surface area (Å²) in [7, 11) is 0. The molecule has 1 aliphatic heterocycles. The van der Waals surface area contributed by atoms with Crippen molar-refractivity contribution < 1.29 is 23.8 Å². The zero-order chi connectivity index (χ0) is 13.0. The molecule has 1 aromatic carbocycles. The Balaban J connectivity index is 2.01. The SMILES string of the molecule is O=C(Cl)c1ccccc1C(=O)OCC1COCO1. The highest BCUT2D eigenvalue weighted by molar-refractivity contribution is 6.68. The van der Waals surface area contributed by atoms with Crippen molar-refractivity contribution in [3.05, 3.63) is 35.4 Å². The van der Waals surface area contributed by atoms with Crippen LogP contribution in [0.5, 0.6) is 0 Å². The van der Waals surface area contributed by atoms with Gasteiger partial charge in [0.2, 0.25) is 0 Å². The lowest BCUT2D eigenvalue weighted by molar-refractivity contribution is 0.00764. The molecule has 0 aromatic heterocycles. The number of ether oxygens (including phenoxy) is 3. The maximum Gasteiger partial charge on any atom is 0.339 e. The van der Waals surface area contributed by atoms with Crippen LogP contribution in [0.2, 0.25) is 0 Å². The Morgan fingerprint density at radius 3 is 2.67 bits per heavy atom. The molecule has 1 atom stereocenters. The first kappa shape index (κ1) is 13.0. The van der Waals surface area contributed by atoms with Crippen LogP contribution in [0.1, 0.15) is 20.7 Å². The molecule has 1 aliphatic rings. The van der Waals surface area contributed by atoms with Gasteiger partial charge in [-0.3, -0.25) is 4.79 Å². The van der Waals surface area contributed by atoms with E-state index in [0.717, 1.165) is 0 Å². The van der Waals surface area contributed by atoms with Crippen LogP contribution in [0.4, 0.5) is 0 Å². The quantitative estimate of drug-likeness (QED) is 0.614. The van der Waals surface area contributed by atoms with E-state index in [1.54, 1.807) is 12.1 Å². The van der Waals surface area contributed by atoms with Gasteiger partial charge >= 0.3 is 5.97 Å². The van der Waals surface area contributed by atoms with Crippen molar-refractivity contribution >= 4 is 22.8 Å². The summed E-state index contributed by atoms with van der Waals surface area (Å²) in [6, 6.07) is 6.22. The molecule has 5 nitrogen and oxygen atoms in total. The lowest BCUT2D eigenvalue weighted by Gasteiger charge is -2.10. The first-order valence-electron chi connectivity index (χ1n) is 5.34. The molecule has 6 heteroatoms. The molecule has 0 amide bonds. The average molecular weight is 271 g/mol. The predicted molar refractivity (Wildman–Crippen MR) is 62.6 cm³/mol. The Morgan fingerprint density at radius 2 is 2.06 bits per heavy atom. The second kappa shape index (κ2) is 5.95. The minimum atomic E-state index is -0.692. The third-order valence-corrected chi connectivity index (χ3v) is 2.65. The van der Waals surface area contributed by atoms with Crippen molar-refractivity contribution in [1.29, 1.82) is 0 Å². The summed E-state index contributed by atoms with van der Waals surface area (Å²) in [6.07, 6.45) is -0.257. The number of carbonyl (C=O) groups excluding carboxylic acids is 2. The van der Waals surface area contributed by atoms with Crippen LogP contribution >= 0.6 is 11.6 Å². The van der Waals surface area contributed by atoms with Crippen molar-refractivity contribution in [3.8, 4) is 0 Å². The Hall–Kier alpha value is -1.43. The summed E-state index contributed by atoms with van der Waals surface area (Å²) in [5.74, 6) is -0.602. The highest BCUT2D eigenvalue weighted by atomic mass is 35.5. The van der Waals surface area contributed by atoms with E-state index in [-0.39, 0.29) is 30.6 Å². The van der Waals surface area contributed by atoms with Gasteiger partial charge in [0.05, 0.1) is 12.2 Å². The molecule has 0 bridgehead atoms. The molecule has 0 radical (unpaired) electrons. The summed E-state index contributed by atoms with van der Waals surface area (Å²) in [5.41, 5.74) is 0.282. The number of hydrogen-bond acceptors (Lipinski definition) is 5. The number of hydrogen-bond donors (Lipinski definition) is 0. The lowest BCUT2D eigenvalue weighted by Crippen LogP contribution is -2.21. The summed E-state index contributed by atoms with van der Waals surface area (Å²) in [6.45, 7) is 0.686. The third-order valence-electron chi connectivity index (χ3n) is 2.45. The standard InChI is InChI=1S/C12H11ClO5/c13-11(14)9-3-1-2-4-10(9)12(15)17-6-8-5-16-7-18-8/h1-4,8H,5-7H2. The lowest BCUT2D eigenvalue weighted by atomic mass is 10.1. The van der Waals surface area contributed by atoms with E-state index in [2.05, 4.69) is 0 Å². The number of carbonyl (C=O) groups is 2. The van der Waals surface area contributed by atoms with E-state index < -0.39 is 11.2 Å². The molecule has 1 heterocycles. The van der Waals surface area contributed by atoms with E-state index in [1.165, 1.54) is 12.1 Å². The average Bonchev–Trinajstić information content (AvgIpc) is 2.89. The van der Waals surface area contributed by atoms with Gasteiger partial charge in [0.1, 0.15) is 19.5 Å². The molecule has 2 rings (SSSR count). The summed E-state index contributed by atoms with van der Waals surface area (Å²) in [5, 5.41) is -0.692. The molecule has 96 valence electrons. The molecule has 1 fully saturated rings. The Kier molecular flexibility index (Phi) is 4.30. The van der Waals surface area contributed by atoms with Gasteiger partial charge in [0.15, 0.2) is 0 Å². The molecule has 0 N–H and O–H groups in total. The smallest absolute Gasteiger partial charge is 0.339 e. The molecule has 1 aromatic rings. The topological polar surface area (TPSA) is 61.8 Å². The van der Waals surface area contributed by atoms with Gasteiger partial charge in [-0.1, -0.05) is 12.1 Å². The van der Waals surface area contributed by atoms with Gasteiger partial charge in [-0.05, 0) is 23.7 Å². The second-order valence-corrected chi connectivity index (χ2v) is 4.04. The van der Waals surface area contributed by atoms with E-state index in [1.807, 2.05) is 0 Å². The number of rotatable bonds is 4. The molecule has 18 heavy (non-hydrogen) atoms. The van der Waals surface area contributed by atoms with Crippen LogP contribution in [-0.4, -0.2) is 37.3 Å². The zero-order valence-electron chi connectivity index (χ0n) is 9.43. The molecule has 0 spiro atoms. The van der Waals surface area contributed by atoms with Crippen molar-refractivity contribution in [1.82, 2.24) is 0 Å². The maximum absolute atomic E-state index is 11.8. The van der Waals surface area contributed by atoms with Crippen LogP contribution in [-0.2, 0) is 14.2 Å². The largest absolute Gasteiger partial charge is 0.459 e. The predicted octanol–water partition coefficient (Wildman–Crippen LogP) is 1.60. The van der Waals surface area contributed by atoms with Crippen LogP contribution < -0.4 is 0 Å². The van der Waals surface area contributed by atoms with Gasteiger partial charge in [-0.2, -0.15) is 0 Å². The molecule has 1 unspecified atom stereocenters. The molecular weight excluding hydrogens is 260 g/mol. The van der Waals surface area contributed by atoms with Gasteiger partial charge < -0.3 is 14.2 Å². The Bertz CT molecular complexity index is 454. The van der Waals surface area contributed by atoms with Gasteiger partial charge in [-0.15, -0.1) is 0 Å². The summed E-state index contributed by atoms with van der Waals surface area (Å²) >= 11 is 5.39. The van der Waals surface area contributed by atoms with E-state index >= 15 is 0 Å². The fourth-order valence-electron chi connectivity index (χ4n) is 1.55. The van der Waals surface area contributed by atoms with Gasteiger partial charge in [0.25, 0.3) is 5.24 Å².